The Labute approximate surface area is 380 Å². The third kappa shape index (κ3) is 5.21. The molecule has 0 amide bonds. The van der Waals surface area contributed by atoms with E-state index >= 15 is 0 Å². The van der Waals surface area contributed by atoms with Gasteiger partial charge in [-0.05, 0) is 120 Å². The smallest absolute Gasteiger partial charge is 0.143 e. The second-order valence-electron chi connectivity index (χ2n) is 20.8. The van der Waals surface area contributed by atoms with Crippen LogP contribution in [0, 0.1) is 0 Å². The van der Waals surface area contributed by atoms with Crippen molar-refractivity contribution in [3.05, 3.63) is 172 Å². The van der Waals surface area contributed by atoms with Crippen molar-refractivity contribution in [1.82, 2.24) is 0 Å². The highest BCUT2D eigenvalue weighted by Gasteiger charge is 2.41. The van der Waals surface area contributed by atoms with Crippen LogP contribution in [0.5, 0.6) is 0 Å². The van der Waals surface area contributed by atoms with Crippen molar-refractivity contribution in [2.24, 2.45) is 0 Å². The number of anilines is 3. The molecule has 0 saturated carbocycles. The number of rotatable bonds is 3. The average Bonchev–Trinajstić information content (AvgIpc) is 3.96. The molecule has 0 bridgehead atoms. The molecule has 7 aromatic carbocycles. The molecular formula is C59H57NO. The van der Waals surface area contributed by atoms with Crippen molar-refractivity contribution < 1.29 is 22.2 Å². The van der Waals surface area contributed by atoms with Gasteiger partial charge in [-0.2, -0.15) is 0 Å². The monoisotopic (exact) mass is 809 g/mol. The molecule has 1 heterocycles. The molecule has 2 heteroatoms. The van der Waals surface area contributed by atoms with Crippen LogP contribution in [0.25, 0.3) is 55.3 Å². The van der Waals surface area contributed by atoms with E-state index < -0.39 is 46.5 Å². The van der Waals surface area contributed by atoms with E-state index in [-0.39, 0.29) is 104 Å². The first-order valence-corrected chi connectivity index (χ1v) is 21.2. The second kappa shape index (κ2) is 12.2. The summed E-state index contributed by atoms with van der Waals surface area (Å²) in [6.07, 6.45) is 0. The van der Waals surface area contributed by atoms with Crippen LogP contribution in [-0.2, 0) is 27.1 Å². The molecule has 0 saturated heterocycles. The normalized spacial score (nSPS) is 19.2. The van der Waals surface area contributed by atoms with Crippen molar-refractivity contribution in [1.29, 1.82) is 0 Å². The summed E-state index contributed by atoms with van der Waals surface area (Å²) < 4.78 is 129. The summed E-state index contributed by atoms with van der Waals surface area (Å²) in [5.74, 6) is 0. The van der Waals surface area contributed by atoms with Crippen LogP contribution in [0.2, 0.25) is 0 Å². The van der Waals surface area contributed by atoms with Crippen molar-refractivity contribution in [2.75, 3.05) is 4.90 Å². The quantitative estimate of drug-likeness (QED) is 0.177. The predicted octanol–water partition coefficient (Wildman–Crippen LogP) is 16.6. The van der Waals surface area contributed by atoms with E-state index in [0.29, 0.717) is 16.8 Å². The van der Waals surface area contributed by atoms with Gasteiger partial charge in [0.05, 0.1) is 17.8 Å². The number of hydrogen-bond acceptors (Lipinski definition) is 2. The topological polar surface area (TPSA) is 16.4 Å². The third-order valence-electron chi connectivity index (χ3n) is 13.8. The van der Waals surface area contributed by atoms with Crippen LogP contribution < -0.4 is 4.90 Å². The van der Waals surface area contributed by atoms with Crippen LogP contribution in [0.3, 0.4) is 0 Å². The minimum absolute atomic E-state index is 0.0459. The van der Waals surface area contributed by atoms with E-state index in [0.717, 1.165) is 49.8 Å². The van der Waals surface area contributed by atoms with Gasteiger partial charge in [-0.1, -0.05) is 168 Å². The summed E-state index contributed by atoms with van der Waals surface area (Å²) in [6, 6.07) is 11.3. The Morgan fingerprint density at radius 3 is 1.70 bits per heavy atom. The first-order chi connectivity index (χ1) is 34.2. The molecule has 0 fully saturated rings. The number of fused-ring (bicyclic) bond motifs is 13. The zero-order valence-corrected chi connectivity index (χ0v) is 37.0. The van der Waals surface area contributed by atoms with Gasteiger partial charge in [-0.3, -0.25) is 0 Å². The molecule has 0 radical (unpaired) electrons. The van der Waals surface area contributed by atoms with Gasteiger partial charge in [0.2, 0.25) is 0 Å². The maximum Gasteiger partial charge on any atom is 0.143 e. The molecule has 11 rings (SSSR count). The van der Waals surface area contributed by atoms with Gasteiger partial charge in [0, 0.05) is 55.2 Å². The number of nitrogens with zero attached hydrogens (tertiary/aromatic N) is 1. The van der Waals surface area contributed by atoms with Crippen LogP contribution in [0.1, 0.15) is 145 Å². The molecule has 0 unspecified atom stereocenters. The standard InChI is InChI=1S/C59H57NO/c1-55(2,3)34-29-44-42-27-28-47-52(54(42)61-53(44)51(30-34)56(4,5)6)43-26-23-37(33-50(43)59(47,11)12)60(35-21-24-40-38-17-13-15-19-45(38)57(7,8)48(40)31-35)36-22-25-41-39-18-14-16-20-46(39)58(9,10)49(41)32-36/h13-33H,1-12H3/i13D,14D,15D,16D,17D,19D,20D,21D,22D,24D,25D,31D,32D. The van der Waals surface area contributed by atoms with Crippen molar-refractivity contribution in [3.63, 3.8) is 0 Å². The van der Waals surface area contributed by atoms with Crippen LogP contribution in [0.15, 0.2) is 131 Å². The molecule has 1 aromatic heterocycles. The van der Waals surface area contributed by atoms with E-state index in [4.69, 9.17) is 14.0 Å². The first kappa shape index (κ1) is 26.5. The summed E-state index contributed by atoms with van der Waals surface area (Å²) in [6.45, 7) is 24.5. The van der Waals surface area contributed by atoms with Gasteiger partial charge in [-0.25, -0.2) is 0 Å². The summed E-state index contributed by atoms with van der Waals surface area (Å²) in [7, 11) is 0. The van der Waals surface area contributed by atoms with E-state index in [9.17, 15) is 8.22 Å². The molecule has 3 aliphatic rings. The minimum atomic E-state index is -1.29. The Balaban J connectivity index is 1.23. The molecule has 304 valence electrons. The van der Waals surface area contributed by atoms with Gasteiger partial charge in [-0.15, -0.1) is 0 Å². The lowest BCUT2D eigenvalue weighted by molar-refractivity contribution is 0.559. The zero-order chi connectivity index (χ0) is 54.1. The zero-order valence-electron chi connectivity index (χ0n) is 50.0. The fourth-order valence-electron chi connectivity index (χ4n) is 10.2. The van der Waals surface area contributed by atoms with Gasteiger partial charge < -0.3 is 9.32 Å². The van der Waals surface area contributed by atoms with E-state index in [1.165, 1.54) is 16.5 Å². The van der Waals surface area contributed by atoms with Crippen molar-refractivity contribution in [2.45, 2.75) is 110 Å². The predicted molar refractivity (Wildman–Crippen MR) is 258 cm³/mol. The molecule has 0 aliphatic heterocycles. The first-order valence-electron chi connectivity index (χ1n) is 27.7. The third-order valence-corrected chi connectivity index (χ3v) is 13.8. The molecule has 3 aliphatic carbocycles. The molecule has 0 atom stereocenters. The SMILES string of the molecule is [2H]c1cc2c(c([2H])c1[2H])C(C)(C)c1c([2H])c(N(c3ccc4c(c3)C(C)(C)c3ccc5c(oc6c(C(C)(C)C)cc(C(C)(C)C)cc65)c3-4)c3c([2H])c([2H])c4c(c3[2H])C(C)(C)c3c([2H])c([2H])c([2H])c([2H])c3-4)c([2H])c([2H])c1-2. The highest BCUT2D eigenvalue weighted by Crippen LogP contribution is 2.57. The molecule has 61 heavy (non-hydrogen) atoms. The molecular weight excluding hydrogens is 739 g/mol. The Bertz CT molecular complexity index is 3940. The maximum atomic E-state index is 10.3. The number of furan rings is 1. The van der Waals surface area contributed by atoms with Crippen molar-refractivity contribution in [3.8, 4) is 33.4 Å². The van der Waals surface area contributed by atoms with E-state index in [2.05, 4.69) is 79.7 Å². The Hall–Kier alpha value is -5.86. The van der Waals surface area contributed by atoms with E-state index in [1.54, 1.807) is 33.8 Å². The summed E-state index contributed by atoms with van der Waals surface area (Å²) in [5.41, 5.74) is 5.61. The van der Waals surface area contributed by atoms with Crippen molar-refractivity contribution >= 4 is 39.0 Å². The molecule has 2 nitrogen and oxygen atoms in total. The lowest BCUT2D eigenvalue weighted by Gasteiger charge is -2.31. The van der Waals surface area contributed by atoms with Crippen LogP contribution in [-0.4, -0.2) is 0 Å². The van der Waals surface area contributed by atoms with Gasteiger partial charge in [0.15, 0.2) is 0 Å². The Kier molecular flexibility index (Phi) is 5.28. The van der Waals surface area contributed by atoms with Gasteiger partial charge >= 0.3 is 0 Å². The molecule has 0 spiro atoms. The summed E-state index contributed by atoms with van der Waals surface area (Å²) >= 11 is 0. The fourth-order valence-corrected chi connectivity index (χ4v) is 10.2. The largest absolute Gasteiger partial charge is 0.455 e. The fraction of sp³-hybridized carbons (Fsp3) is 0.288. The second-order valence-corrected chi connectivity index (χ2v) is 20.8. The molecule has 8 aromatic rings. The van der Waals surface area contributed by atoms with Gasteiger partial charge in [0.25, 0.3) is 0 Å². The lowest BCUT2D eigenvalue weighted by atomic mass is 9.79. The minimum Gasteiger partial charge on any atom is -0.455 e. The summed E-state index contributed by atoms with van der Waals surface area (Å²) in [5, 5.41) is 2.00. The van der Waals surface area contributed by atoms with E-state index in [1.807, 2.05) is 12.1 Å². The van der Waals surface area contributed by atoms with Gasteiger partial charge in [0.1, 0.15) is 11.2 Å². The Morgan fingerprint density at radius 1 is 0.459 bits per heavy atom. The highest BCUT2D eigenvalue weighted by molar-refractivity contribution is 6.13. The highest BCUT2D eigenvalue weighted by atomic mass is 16.3. The lowest BCUT2D eigenvalue weighted by Crippen LogP contribution is -2.19. The van der Waals surface area contributed by atoms with Crippen LogP contribution >= 0.6 is 0 Å². The molecule has 0 N–H and O–H groups in total. The summed E-state index contributed by atoms with van der Waals surface area (Å²) in [4.78, 5) is 1.46. The number of hydrogen-bond donors (Lipinski definition) is 0. The van der Waals surface area contributed by atoms with Crippen LogP contribution in [0.4, 0.5) is 17.1 Å². The number of benzene rings is 7. The average molecular weight is 809 g/mol. The Morgan fingerprint density at radius 2 is 1.05 bits per heavy atom. The maximum absolute atomic E-state index is 10.3.